The number of anilines is 1. The van der Waals surface area contributed by atoms with Gasteiger partial charge in [0.1, 0.15) is 23.3 Å². The van der Waals surface area contributed by atoms with Crippen molar-refractivity contribution in [3.63, 3.8) is 0 Å². The van der Waals surface area contributed by atoms with Crippen molar-refractivity contribution in [2.75, 3.05) is 18.5 Å². The SMILES string of the molecule is CCc1cc(NCCOc2ncc(Cl)cc2Cl)nc(C)n1. The number of pyridine rings is 1. The van der Waals surface area contributed by atoms with E-state index in [4.69, 9.17) is 27.9 Å². The van der Waals surface area contributed by atoms with E-state index >= 15 is 0 Å². The fourth-order valence-corrected chi connectivity index (χ4v) is 2.17. The first-order valence-corrected chi connectivity index (χ1v) is 7.36. The van der Waals surface area contributed by atoms with Gasteiger partial charge in [0.2, 0.25) is 5.88 Å². The summed E-state index contributed by atoms with van der Waals surface area (Å²) in [6.45, 7) is 4.93. The number of ether oxygens (including phenoxy) is 1. The highest BCUT2D eigenvalue weighted by atomic mass is 35.5. The van der Waals surface area contributed by atoms with Crippen LogP contribution in [0.5, 0.6) is 5.88 Å². The zero-order valence-electron chi connectivity index (χ0n) is 11.9. The highest BCUT2D eigenvalue weighted by molar-refractivity contribution is 6.35. The molecule has 2 heterocycles. The van der Waals surface area contributed by atoms with Crippen LogP contribution in [0.15, 0.2) is 18.3 Å². The number of hydrogen-bond donors (Lipinski definition) is 1. The predicted octanol–water partition coefficient (Wildman–Crippen LogP) is 3.54. The maximum absolute atomic E-state index is 5.97. The van der Waals surface area contributed by atoms with Crippen molar-refractivity contribution in [1.82, 2.24) is 15.0 Å². The topological polar surface area (TPSA) is 59.9 Å². The first-order chi connectivity index (χ1) is 10.1. The number of aryl methyl sites for hydroxylation is 2. The van der Waals surface area contributed by atoms with Gasteiger partial charge >= 0.3 is 0 Å². The van der Waals surface area contributed by atoms with Gasteiger partial charge in [-0.1, -0.05) is 30.1 Å². The van der Waals surface area contributed by atoms with E-state index in [1.165, 1.54) is 6.20 Å². The average Bonchev–Trinajstić information content (AvgIpc) is 2.44. The number of nitrogens with zero attached hydrogens (tertiary/aromatic N) is 3. The number of rotatable bonds is 6. The summed E-state index contributed by atoms with van der Waals surface area (Å²) in [6, 6.07) is 3.53. The van der Waals surface area contributed by atoms with Crippen molar-refractivity contribution in [3.05, 3.63) is 39.9 Å². The minimum Gasteiger partial charge on any atom is -0.475 e. The Morgan fingerprint density at radius 2 is 2.05 bits per heavy atom. The molecule has 0 unspecified atom stereocenters. The van der Waals surface area contributed by atoms with Crippen molar-refractivity contribution < 1.29 is 4.74 Å². The first-order valence-electron chi connectivity index (χ1n) is 6.60. The molecule has 0 aliphatic heterocycles. The van der Waals surface area contributed by atoms with E-state index in [1.54, 1.807) is 6.07 Å². The second-order valence-corrected chi connectivity index (χ2v) is 5.20. The van der Waals surface area contributed by atoms with E-state index in [1.807, 2.05) is 13.0 Å². The molecule has 2 rings (SSSR count). The Morgan fingerprint density at radius 1 is 1.24 bits per heavy atom. The fraction of sp³-hybridized carbons (Fsp3) is 0.357. The largest absolute Gasteiger partial charge is 0.475 e. The summed E-state index contributed by atoms with van der Waals surface area (Å²) in [4.78, 5) is 12.7. The van der Waals surface area contributed by atoms with Crippen molar-refractivity contribution >= 4 is 29.0 Å². The Hall–Kier alpha value is -1.59. The first kappa shape index (κ1) is 15.8. The van der Waals surface area contributed by atoms with Gasteiger partial charge in [-0.15, -0.1) is 0 Å². The molecule has 7 heteroatoms. The van der Waals surface area contributed by atoms with Gasteiger partial charge in [-0.2, -0.15) is 0 Å². The number of nitrogens with one attached hydrogen (secondary N) is 1. The molecule has 0 spiro atoms. The summed E-state index contributed by atoms with van der Waals surface area (Å²) in [5.74, 6) is 1.91. The molecule has 0 aliphatic carbocycles. The Balaban J connectivity index is 1.86. The van der Waals surface area contributed by atoms with Gasteiger partial charge in [0.05, 0.1) is 11.6 Å². The maximum Gasteiger partial charge on any atom is 0.232 e. The van der Waals surface area contributed by atoms with E-state index in [0.29, 0.717) is 29.1 Å². The molecule has 0 aliphatic rings. The summed E-state index contributed by atoms with van der Waals surface area (Å²) in [6.07, 6.45) is 2.37. The molecule has 0 bridgehead atoms. The molecule has 0 saturated carbocycles. The van der Waals surface area contributed by atoms with Gasteiger partial charge in [0.25, 0.3) is 0 Å². The molecule has 2 aromatic rings. The van der Waals surface area contributed by atoms with Crippen LogP contribution in [0.3, 0.4) is 0 Å². The maximum atomic E-state index is 5.97. The van der Waals surface area contributed by atoms with E-state index in [2.05, 4.69) is 27.2 Å². The van der Waals surface area contributed by atoms with Crippen LogP contribution in [0.2, 0.25) is 10.0 Å². The average molecular weight is 327 g/mol. The van der Waals surface area contributed by atoms with Crippen LogP contribution < -0.4 is 10.1 Å². The molecule has 112 valence electrons. The lowest BCUT2D eigenvalue weighted by Crippen LogP contribution is -2.14. The number of halogens is 2. The molecule has 2 aromatic heterocycles. The predicted molar refractivity (Wildman–Crippen MR) is 84.4 cm³/mol. The summed E-state index contributed by atoms with van der Waals surface area (Å²) in [5.41, 5.74) is 1.01. The van der Waals surface area contributed by atoms with Gasteiger partial charge < -0.3 is 10.1 Å². The molecule has 0 aromatic carbocycles. The molecule has 5 nitrogen and oxygen atoms in total. The zero-order chi connectivity index (χ0) is 15.2. The highest BCUT2D eigenvalue weighted by Gasteiger charge is 2.04. The van der Waals surface area contributed by atoms with E-state index in [0.717, 1.165) is 23.8 Å². The van der Waals surface area contributed by atoms with Crippen molar-refractivity contribution in [2.45, 2.75) is 20.3 Å². The minimum absolute atomic E-state index is 0.371. The quantitative estimate of drug-likeness (QED) is 0.823. The summed E-state index contributed by atoms with van der Waals surface area (Å²) >= 11 is 11.7. The van der Waals surface area contributed by atoms with Crippen LogP contribution in [-0.4, -0.2) is 28.1 Å². The normalized spacial score (nSPS) is 10.5. The highest BCUT2D eigenvalue weighted by Crippen LogP contribution is 2.24. The van der Waals surface area contributed by atoms with Gasteiger partial charge in [0, 0.05) is 18.0 Å². The van der Waals surface area contributed by atoms with E-state index in [-0.39, 0.29) is 0 Å². The van der Waals surface area contributed by atoms with Crippen LogP contribution in [-0.2, 0) is 6.42 Å². The molecule has 21 heavy (non-hydrogen) atoms. The van der Waals surface area contributed by atoms with Crippen LogP contribution in [0, 0.1) is 6.92 Å². The smallest absolute Gasteiger partial charge is 0.232 e. The minimum atomic E-state index is 0.371. The third kappa shape index (κ3) is 4.72. The summed E-state index contributed by atoms with van der Waals surface area (Å²) in [5, 5.41) is 4.07. The van der Waals surface area contributed by atoms with Gasteiger partial charge in [-0.3, -0.25) is 0 Å². The third-order valence-corrected chi connectivity index (χ3v) is 3.15. The van der Waals surface area contributed by atoms with Crippen molar-refractivity contribution in [1.29, 1.82) is 0 Å². The molecule has 1 N–H and O–H groups in total. The Kier molecular flexibility index (Phi) is 5.59. The molecule has 0 fully saturated rings. The third-order valence-electron chi connectivity index (χ3n) is 2.67. The van der Waals surface area contributed by atoms with E-state index in [9.17, 15) is 0 Å². The second kappa shape index (κ2) is 7.43. The van der Waals surface area contributed by atoms with Gasteiger partial charge in [-0.05, 0) is 19.4 Å². The lowest BCUT2D eigenvalue weighted by Gasteiger charge is -2.09. The van der Waals surface area contributed by atoms with E-state index < -0.39 is 0 Å². The summed E-state index contributed by atoms with van der Waals surface area (Å²) in [7, 11) is 0. The Labute approximate surface area is 133 Å². The molecular weight excluding hydrogens is 311 g/mol. The van der Waals surface area contributed by atoms with Crippen molar-refractivity contribution in [2.24, 2.45) is 0 Å². The zero-order valence-corrected chi connectivity index (χ0v) is 13.4. The molecular formula is C14H16Cl2N4O. The molecule has 0 amide bonds. The number of hydrogen-bond acceptors (Lipinski definition) is 5. The standard InChI is InChI=1S/C14H16Cl2N4O/c1-3-11-7-13(20-9(2)19-11)17-4-5-21-14-12(16)6-10(15)8-18-14/h6-8H,3-5H2,1-2H3,(H,17,19,20). The molecule has 0 radical (unpaired) electrons. The van der Waals surface area contributed by atoms with Crippen LogP contribution in [0.4, 0.5) is 5.82 Å². The van der Waals surface area contributed by atoms with Gasteiger partial charge in [0.15, 0.2) is 0 Å². The van der Waals surface area contributed by atoms with Crippen LogP contribution in [0.1, 0.15) is 18.4 Å². The number of aromatic nitrogens is 3. The van der Waals surface area contributed by atoms with Gasteiger partial charge in [-0.25, -0.2) is 15.0 Å². The second-order valence-electron chi connectivity index (χ2n) is 4.36. The van der Waals surface area contributed by atoms with Crippen molar-refractivity contribution in [3.8, 4) is 5.88 Å². The fourth-order valence-electron chi connectivity index (χ4n) is 1.74. The Bertz CT molecular complexity index is 622. The summed E-state index contributed by atoms with van der Waals surface area (Å²) < 4.78 is 5.49. The monoisotopic (exact) mass is 326 g/mol. The van der Waals surface area contributed by atoms with Crippen LogP contribution in [0.25, 0.3) is 0 Å². The molecule has 0 saturated heterocycles. The lowest BCUT2D eigenvalue weighted by molar-refractivity contribution is 0.320. The molecule has 0 atom stereocenters. The van der Waals surface area contributed by atoms with Crippen LogP contribution >= 0.6 is 23.2 Å². The Morgan fingerprint density at radius 3 is 2.76 bits per heavy atom. The lowest BCUT2D eigenvalue weighted by atomic mass is 10.3.